The van der Waals surface area contributed by atoms with Gasteiger partial charge in [-0.1, -0.05) is 35.9 Å². The molecule has 10 heteroatoms. The van der Waals surface area contributed by atoms with Crippen LogP contribution in [0.4, 0.5) is 4.79 Å². The predicted octanol–water partition coefficient (Wildman–Crippen LogP) is 3.77. The molecule has 0 saturated heterocycles. The monoisotopic (exact) mass is 535 g/mol. The van der Waals surface area contributed by atoms with Gasteiger partial charge in [-0.2, -0.15) is 11.8 Å². The van der Waals surface area contributed by atoms with Gasteiger partial charge < -0.3 is 25.0 Å². The molecule has 0 heterocycles. The number of thioether (sulfide) groups is 1. The third-order valence-electron chi connectivity index (χ3n) is 5.10. The third-order valence-corrected chi connectivity index (χ3v) is 5.74. The van der Waals surface area contributed by atoms with Crippen LogP contribution in [0.15, 0.2) is 36.9 Å². The summed E-state index contributed by atoms with van der Waals surface area (Å²) in [7, 11) is 0. The summed E-state index contributed by atoms with van der Waals surface area (Å²) in [5.41, 5.74) is 0.855. The molecule has 0 aromatic heterocycles. The Kier molecular flexibility index (Phi) is 13.8. The summed E-state index contributed by atoms with van der Waals surface area (Å²) >= 11 is 1.54. The highest BCUT2D eigenvalue weighted by molar-refractivity contribution is 7.98. The molecule has 0 spiro atoms. The quantitative estimate of drug-likeness (QED) is 0.275. The lowest BCUT2D eigenvalue weighted by Crippen LogP contribution is -2.53. The molecular formula is C27H41N3O6S. The fourth-order valence-electron chi connectivity index (χ4n) is 3.44. The number of hydrogen-bond donors (Lipinski definition) is 2. The van der Waals surface area contributed by atoms with Gasteiger partial charge in [-0.15, -0.1) is 6.58 Å². The molecule has 206 valence electrons. The molecule has 0 radical (unpaired) electrons. The van der Waals surface area contributed by atoms with E-state index in [-0.39, 0.29) is 26.1 Å². The van der Waals surface area contributed by atoms with Gasteiger partial charge in [-0.25, -0.2) is 4.79 Å². The van der Waals surface area contributed by atoms with E-state index in [1.54, 1.807) is 39.8 Å². The molecule has 0 aliphatic heterocycles. The number of nitrogens with zero attached hydrogens (tertiary/aromatic N) is 1. The summed E-state index contributed by atoms with van der Waals surface area (Å²) in [6, 6.07) is 5.36. The summed E-state index contributed by atoms with van der Waals surface area (Å²) in [5.74, 6) is -0.711. The molecule has 1 aromatic rings. The molecule has 0 saturated carbocycles. The second-order valence-electron chi connectivity index (χ2n) is 9.42. The van der Waals surface area contributed by atoms with Crippen molar-refractivity contribution in [3.8, 4) is 0 Å². The van der Waals surface area contributed by atoms with Crippen LogP contribution in [0.25, 0.3) is 0 Å². The minimum absolute atomic E-state index is 0.00610. The highest BCUT2D eigenvalue weighted by Gasteiger charge is 2.35. The zero-order chi connectivity index (χ0) is 28.0. The largest absolute Gasteiger partial charge is 0.466 e. The number of rotatable bonds is 14. The van der Waals surface area contributed by atoms with Crippen LogP contribution in [0, 0.1) is 6.92 Å². The minimum Gasteiger partial charge on any atom is -0.466 e. The number of carbonyl (C=O) groups excluding carboxylic acids is 4. The van der Waals surface area contributed by atoms with E-state index in [1.165, 1.54) is 22.7 Å². The topological polar surface area (TPSA) is 114 Å². The third kappa shape index (κ3) is 11.7. The van der Waals surface area contributed by atoms with Gasteiger partial charge in [0, 0.05) is 13.1 Å². The van der Waals surface area contributed by atoms with Crippen molar-refractivity contribution in [3.05, 3.63) is 48.0 Å². The van der Waals surface area contributed by atoms with Crippen LogP contribution < -0.4 is 10.6 Å². The van der Waals surface area contributed by atoms with Crippen LogP contribution in [-0.4, -0.2) is 72.1 Å². The number of aryl methyl sites for hydroxylation is 1. The number of hydrogen-bond acceptors (Lipinski definition) is 7. The fraction of sp³-hybridized carbons (Fsp3) is 0.556. The van der Waals surface area contributed by atoms with Crippen molar-refractivity contribution in [2.75, 3.05) is 31.7 Å². The summed E-state index contributed by atoms with van der Waals surface area (Å²) < 4.78 is 10.3. The summed E-state index contributed by atoms with van der Waals surface area (Å²) in [4.78, 5) is 52.9. The van der Waals surface area contributed by atoms with E-state index >= 15 is 0 Å². The average molecular weight is 536 g/mol. The smallest absolute Gasteiger partial charge is 0.408 e. The normalized spacial score (nSPS) is 12.6. The Morgan fingerprint density at radius 2 is 1.81 bits per heavy atom. The van der Waals surface area contributed by atoms with Crippen LogP contribution in [0.2, 0.25) is 0 Å². The molecule has 0 aliphatic carbocycles. The number of alkyl carbamates (subject to hydrolysis) is 1. The first-order chi connectivity index (χ1) is 17.4. The molecule has 0 aliphatic rings. The van der Waals surface area contributed by atoms with Gasteiger partial charge in [0.25, 0.3) is 0 Å². The van der Waals surface area contributed by atoms with Gasteiger partial charge in [0.05, 0.1) is 13.0 Å². The van der Waals surface area contributed by atoms with Crippen LogP contribution >= 0.6 is 11.8 Å². The molecule has 3 amide bonds. The molecule has 37 heavy (non-hydrogen) atoms. The van der Waals surface area contributed by atoms with E-state index < -0.39 is 41.6 Å². The number of amides is 3. The zero-order valence-electron chi connectivity index (χ0n) is 22.8. The van der Waals surface area contributed by atoms with Crippen molar-refractivity contribution >= 4 is 35.6 Å². The molecule has 2 unspecified atom stereocenters. The van der Waals surface area contributed by atoms with Crippen LogP contribution in [0.5, 0.6) is 0 Å². The van der Waals surface area contributed by atoms with E-state index in [4.69, 9.17) is 9.47 Å². The molecule has 2 N–H and O–H groups in total. The zero-order valence-corrected chi connectivity index (χ0v) is 23.6. The number of carbonyl (C=O) groups is 4. The molecule has 0 fully saturated rings. The first-order valence-corrected chi connectivity index (χ1v) is 13.7. The lowest BCUT2D eigenvalue weighted by atomic mass is 10.0. The average Bonchev–Trinajstić information content (AvgIpc) is 2.81. The number of benzene rings is 1. The Hall–Kier alpha value is -3.01. The standard InChI is InChI=1S/C27H41N3O6S/c1-8-17-30(25(33)21(15-18-37-7)29-26(34)36-27(4,5)6)23(20-12-10-19(3)11-13-20)24(32)28-16-14-22(31)35-9-2/h8,10-13,21,23H,1,9,14-18H2,2-7H3,(H,28,32)(H,29,34). The Labute approximate surface area is 224 Å². The molecular weight excluding hydrogens is 494 g/mol. The second kappa shape index (κ2) is 16.0. The van der Waals surface area contributed by atoms with E-state index in [0.717, 1.165) is 5.56 Å². The maximum atomic E-state index is 13.8. The maximum Gasteiger partial charge on any atom is 0.408 e. The Morgan fingerprint density at radius 1 is 1.16 bits per heavy atom. The van der Waals surface area contributed by atoms with Crippen molar-refractivity contribution in [1.29, 1.82) is 0 Å². The highest BCUT2D eigenvalue weighted by Crippen LogP contribution is 2.24. The lowest BCUT2D eigenvalue weighted by Gasteiger charge is -2.34. The van der Waals surface area contributed by atoms with E-state index in [1.807, 2.05) is 25.3 Å². The van der Waals surface area contributed by atoms with Gasteiger partial charge in [-0.3, -0.25) is 14.4 Å². The first-order valence-electron chi connectivity index (χ1n) is 12.3. The van der Waals surface area contributed by atoms with Gasteiger partial charge >= 0.3 is 12.1 Å². The van der Waals surface area contributed by atoms with Gasteiger partial charge in [0.15, 0.2) is 0 Å². The molecule has 9 nitrogen and oxygen atoms in total. The predicted molar refractivity (Wildman–Crippen MR) is 146 cm³/mol. The van der Waals surface area contributed by atoms with Crippen molar-refractivity contribution in [2.24, 2.45) is 0 Å². The van der Waals surface area contributed by atoms with Crippen molar-refractivity contribution in [2.45, 2.75) is 65.1 Å². The summed E-state index contributed by atoms with van der Waals surface area (Å²) in [5, 5.41) is 5.43. The Balaban J connectivity index is 3.31. The van der Waals surface area contributed by atoms with E-state index in [0.29, 0.717) is 17.7 Å². The Morgan fingerprint density at radius 3 is 2.35 bits per heavy atom. The SMILES string of the molecule is C=CCN(C(=O)C(CCSC)NC(=O)OC(C)(C)C)C(C(=O)NCCC(=O)OCC)c1ccc(C)cc1. The summed E-state index contributed by atoms with van der Waals surface area (Å²) in [6.45, 7) is 13.0. The highest BCUT2D eigenvalue weighted by atomic mass is 32.2. The van der Waals surface area contributed by atoms with Crippen LogP contribution in [0.1, 0.15) is 57.7 Å². The maximum absolute atomic E-state index is 13.8. The van der Waals surface area contributed by atoms with Gasteiger partial charge in [-0.05, 0) is 58.6 Å². The van der Waals surface area contributed by atoms with Gasteiger partial charge in [0.1, 0.15) is 17.7 Å². The van der Waals surface area contributed by atoms with Crippen molar-refractivity contribution in [3.63, 3.8) is 0 Å². The minimum atomic E-state index is -1.01. The van der Waals surface area contributed by atoms with Crippen molar-refractivity contribution < 1.29 is 28.7 Å². The lowest BCUT2D eigenvalue weighted by molar-refractivity contribution is -0.144. The van der Waals surface area contributed by atoms with Crippen LogP contribution in [0.3, 0.4) is 0 Å². The number of nitrogens with one attached hydrogen (secondary N) is 2. The Bertz CT molecular complexity index is 914. The molecule has 1 rings (SSSR count). The molecule has 1 aromatic carbocycles. The number of ether oxygens (including phenoxy) is 2. The van der Waals surface area contributed by atoms with Crippen LogP contribution in [-0.2, 0) is 23.9 Å². The molecule has 0 bridgehead atoms. The van der Waals surface area contributed by atoms with Crippen molar-refractivity contribution in [1.82, 2.24) is 15.5 Å². The second-order valence-corrected chi connectivity index (χ2v) is 10.4. The van der Waals surface area contributed by atoms with Gasteiger partial charge in [0.2, 0.25) is 11.8 Å². The first kappa shape index (κ1) is 32.0. The fourth-order valence-corrected chi connectivity index (χ4v) is 3.92. The van der Waals surface area contributed by atoms with E-state index in [9.17, 15) is 19.2 Å². The van der Waals surface area contributed by atoms with E-state index in [2.05, 4.69) is 17.2 Å². The number of esters is 1. The summed E-state index contributed by atoms with van der Waals surface area (Å²) in [6.07, 6.45) is 3.08. The molecule has 2 atom stereocenters.